The Balaban J connectivity index is 1.57. The average molecular weight is 601 g/mol. The van der Waals surface area contributed by atoms with Gasteiger partial charge in [-0.15, -0.1) is 13.2 Å². The number of hydrogen-bond donors (Lipinski definition) is 2. The van der Waals surface area contributed by atoms with Crippen LogP contribution in [0.2, 0.25) is 5.02 Å². The van der Waals surface area contributed by atoms with Gasteiger partial charge in [0.25, 0.3) is 5.91 Å². The molecule has 1 aliphatic heterocycles. The predicted octanol–water partition coefficient (Wildman–Crippen LogP) is 6.22. The molecule has 1 unspecified atom stereocenters. The Hall–Kier alpha value is -4.07. The number of anilines is 2. The maximum Gasteiger partial charge on any atom is 0.573 e. The molecule has 220 valence electrons. The number of halogens is 4. The molecule has 5 rings (SSSR count). The summed E-state index contributed by atoms with van der Waals surface area (Å²) in [5, 5.41) is 12.8. The summed E-state index contributed by atoms with van der Waals surface area (Å²) in [6, 6.07) is 13.2. The Kier molecular flexibility index (Phi) is 8.17. The molecule has 0 aromatic heterocycles. The summed E-state index contributed by atoms with van der Waals surface area (Å²) in [6.45, 7) is 0.240. The van der Waals surface area contributed by atoms with Gasteiger partial charge in [-0.05, 0) is 48.7 Å². The van der Waals surface area contributed by atoms with Gasteiger partial charge in [0.1, 0.15) is 23.3 Å². The van der Waals surface area contributed by atoms with Crippen LogP contribution in [0.15, 0.2) is 54.6 Å². The fourth-order valence-electron chi connectivity index (χ4n) is 5.24. The number of methoxy groups -OCH3 is 2. The van der Waals surface area contributed by atoms with Crippen LogP contribution in [0.5, 0.6) is 17.2 Å². The van der Waals surface area contributed by atoms with Crippen molar-refractivity contribution in [3.63, 3.8) is 0 Å². The van der Waals surface area contributed by atoms with E-state index in [1.165, 1.54) is 31.3 Å². The molecule has 3 aromatic rings. The van der Waals surface area contributed by atoms with E-state index in [4.69, 9.17) is 26.2 Å². The smallest absolute Gasteiger partial charge is 0.497 e. The van der Waals surface area contributed by atoms with E-state index in [1.54, 1.807) is 42.5 Å². The number of aliphatic hydroxyl groups is 1. The van der Waals surface area contributed by atoms with Crippen LogP contribution in [0, 0.1) is 11.8 Å². The number of rotatable bonds is 8. The van der Waals surface area contributed by atoms with Crippen molar-refractivity contribution in [1.82, 2.24) is 0 Å². The van der Waals surface area contributed by atoms with Crippen molar-refractivity contribution in [2.24, 2.45) is 0 Å². The lowest BCUT2D eigenvalue weighted by Crippen LogP contribution is -2.38. The minimum absolute atomic E-state index is 0.0798. The van der Waals surface area contributed by atoms with Crippen molar-refractivity contribution in [3.05, 3.63) is 76.3 Å². The lowest BCUT2D eigenvalue weighted by Gasteiger charge is -2.28. The van der Waals surface area contributed by atoms with Gasteiger partial charge < -0.3 is 29.5 Å². The Morgan fingerprint density at radius 2 is 1.88 bits per heavy atom. The average Bonchev–Trinajstić information content (AvgIpc) is 3.66. The quantitative estimate of drug-likeness (QED) is 0.299. The second kappa shape index (κ2) is 11.7. The number of nitrogens with zero attached hydrogens (tertiary/aromatic N) is 1. The normalized spacial score (nSPS) is 15.4. The molecule has 1 aliphatic carbocycles. The zero-order valence-corrected chi connectivity index (χ0v) is 23.6. The minimum atomic E-state index is -4.87. The molecule has 1 fully saturated rings. The third kappa shape index (κ3) is 6.22. The SMILES string of the molecule is COc1cc(C#CCCO)cc(NC(C(=O)N2CC3(CC3)c3ccc(OC(F)(F)F)cc32)c2ccc(Cl)cc2OC)c1. The fraction of sp³-hybridized carbons (Fsp3) is 0.323. The molecule has 1 saturated carbocycles. The lowest BCUT2D eigenvalue weighted by atomic mass is 9.99. The number of carbonyl (C=O) groups excluding carboxylic acids is 1. The number of aliphatic hydroxyl groups excluding tert-OH is 1. The summed E-state index contributed by atoms with van der Waals surface area (Å²) < 4.78 is 54.3. The molecule has 0 saturated heterocycles. The summed E-state index contributed by atoms with van der Waals surface area (Å²) in [5.41, 5.74) is 2.46. The second-order valence-corrected chi connectivity index (χ2v) is 10.6. The minimum Gasteiger partial charge on any atom is -0.497 e. The Bertz CT molecular complexity index is 1560. The number of carbonyl (C=O) groups is 1. The highest BCUT2D eigenvalue weighted by Gasteiger charge is 2.54. The highest BCUT2D eigenvalue weighted by Crippen LogP contribution is 2.57. The molecule has 1 heterocycles. The van der Waals surface area contributed by atoms with E-state index < -0.39 is 24.1 Å². The van der Waals surface area contributed by atoms with E-state index >= 15 is 0 Å². The number of hydrogen-bond acceptors (Lipinski definition) is 6. The van der Waals surface area contributed by atoms with Crippen molar-refractivity contribution in [2.45, 2.75) is 37.1 Å². The molecular weight excluding hydrogens is 573 g/mol. The summed E-state index contributed by atoms with van der Waals surface area (Å²) in [7, 11) is 2.97. The maximum absolute atomic E-state index is 14.5. The molecular formula is C31H28ClF3N2O5. The van der Waals surface area contributed by atoms with E-state index in [0.717, 1.165) is 18.4 Å². The molecule has 3 aromatic carbocycles. The van der Waals surface area contributed by atoms with Gasteiger partial charge in [0.15, 0.2) is 0 Å². The molecule has 0 bridgehead atoms. The van der Waals surface area contributed by atoms with E-state index in [9.17, 15) is 18.0 Å². The molecule has 1 spiro atoms. The predicted molar refractivity (Wildman–Crippen MR) is 152 cm³/mol. The highest BCUT2D eigenvalue weighted by atomic mass is 35.5. The summed E-state index contributed by atoms with van der Waals surface area (Å²) in [5.74, 6) is 5.88. The van der Waals surface area contributed by atoms with Gasteiger partial charge in [-0.1, -0.05) is 35.6 Å². The number of nitrogens with one attached hydrogen (secondary N) is 1. The van der Waals surface area contributed by atoms with Crippen LogP contribution < -0.4 is 24.4 Å². The number of amides is 1. The Labute approximate surface area is 246 Å². The third-order valence-electron chi connectivity index (χ3n) is 7.32. The zero-order chi connectivity index (χ0) is 30.1. The monoisotopic (exact) mass is 600 g/mol. The molecule has 1 atom stereocenters. The number of alkyl halides is 3. The first kappa shape index (κ1) is 29.4. The topological polar surface area (TPSA) is 80.3 Å². The number of benzene rings is 3. The molecule has 2 N–H and O–H groups in total. The van der Waals surface area contributed by atoms with Crippen LogP contribution >= 0.6 is 11.6 Å². The van der Waals surface area contributed by atoms with Gasteiger partial charge in [-0.2, -0.15) is 0 Å². The zero-order valence-electron chi connectivity index (χ0n) is 22.8. The molecule has 11 heteroatoms. The van der Waals surface area contributed by atoms with Crippen molar-refractivity contribution in [3.8, 4) is 29.1 Å². The van der Waals surface area contributed by atoms with E-state index in [1.807, 2.05) is 0 Å². The van der Waals surface area contributed by atoms with E-state index in [0.29, 0.717) is 52.0 Å². The van der Waals surface area contributed by atoms with Gasteiger partial charge >= 0.3 is 6.36 Å². The van der Waals surface area contributed by atoms with Gasteiger partial charge in [0, 0.05) is 52.4 Å². The molecule has 42 heavy (non-hydrogen) atoms. The van der Waals surface area contributed by atoms with Crippen LogP contribution in [-0.4, -0.2) is 44.7 Å². The third-order valence-corrected chi connectivity index (χ3v) is 7.56. The van der Waals surface area contributed by atoms with Crippen molar-refractivity contribution in [1.29, 1.82) is 0 Å². The van der Waals surface area contributed by atoms with Gasteiger partial charge in [0.05, 0.1) is 26.5 Å². The number of ether oxygens (including phenoxy) is 3. The standard InChI is InChI=1S/C31H28ClF3N2O5/c1-40-23-14-19(5-3-4-12-38)13-21(16-23)36-28(24-8-6-20(32)15-27(24)41-2)29(39)37-18-30(10-11-30)25-9-7-22(17-26(25)37)42-31(33,34)35/h6-9,13-17,28,36,38H,4,10-12,18H2,1-2H3. The number of fused-ring (bicyclic) bond motifs is 2. The summed E-state index contributed by atoms with van der Waals surface area (Å²) >= 11 is 6.22. The Morgan fingerprint density at radius 1 is 1.10 bits per heavy atom. The highest BCUT2D eigenvalue weighted by molar-refractivity contribution is 6.30. The first-order valence-electron chi connectivity index (χ1n) is 13.2. The molecule has 2 aliphatic rings. The molecule has 1 amide bonds. The van der Waals surface area contributed by atoms with Crippen LogP contribution in [-0.2, 0) is 10.2 Å². The Morgan fingerprint density at radius 3 is 2.55 bits per heavy atom. The van der Waals surface area contributed by atoms with Gasteiger partial charge in [0.2, 0.25) is 0 Å². The first-order chi connectivity index (χ1) is 20.1. The molecule has 7 nitrogen and oxygen atoms in total. The van der Waals surface area contributed by atoms with Crippen LogP contribution in [0.25, 0.3) is 0 Å². The molecule has 0 radical (unpaired) electrons. The van der Waals surface area contributed by atoms with Crippen LogP contribution in [0.3, 0.4) is 0 Å². The fourth-order valence-corrected chi connectivity index (χ4v) is 5.40. The van der Waals surface area contributed by atoms with Crippen molar-refractivity contribution in [2.75, 3.05) is 37.6 Å². The van der Waals surface area contributed by atoms with Gasteiger partial charge in [-0.25, -0.2) is 0 Å². The second-order valence-electron chi connectivity index (χ2n) is 10.1. The summed E-state index contributed by atoms with van der Waals surface area (Å²) in [6.07, 6.45) is -2.95. The summed E-state index contributed by atoms with van der Waals surface area (Å²) in [4.78, 5) is 16.0. The first-order valence-corrected chi connectivity index (χ1v) is 13.5. The van der Waals surface area contributed by atoms with E-state index in [2.05, 4.69) is 21.9 Å². The van der Waals surface area contributed by atoms with E-state index in [-0.39, 0.29) is 12.0 Å². The lowest BCUT2D eigenvalue weighted by molar-refractivity contribution is -0.274. The van der Waals surface area contributed by atoms with Gasteiger partial charge in [-0.3, -0.25) is 4.79 Å². The maximum atomic E-state index is 14.5. The van der Waals surface area contributed by atoms with Crippen molar-refractivity contribution >= 4 is 28.9 Å². The van der Waals surface area contributed by atoms with Crippen LogP contribution in [0.1, 0.15) is 42.0 Å². The largest absolute Gasteiger partial charge is 0.573 e. The van der Waals surface area contributed by atoms with Crippen molar-refractivity contribution < 1.29 is 37.3 Å². The van der Waals surface area contributed by atoms with Crippen LogP contribution in [0.4, 0.5) is 24.5 Å².